The Bertz CT molecular complexity index is 1870. The van der Waals surface area contributed by atoms with Crippen molar-refractivity contribution in [1.29, 1.82) is 0 Å². The molecule has 11 heteroatoms. The van der Waals surface area contributed by atoms with E-state index < -0.39 is 45.2 Å². The van der Waals surface area contributed by atoms with Gasteiger partial charge in [0.1, 0.15) is 11.6 Å². The van der Waals surface area contributed by atoms with Gasteiger partial charge in [0.15, 0.2) is 0 Å². The molecule has 0 radical (unpaired) electrons. The molecule has 0 bridgehead atoms. The van der Waals surface area contributed by atoms with Crippen molar-refractivity contribution in [2.45, 2.75) is 33.1 Å². The van der Waals surface area contributed by atoms with Crippen LogP contribution in [0.1, 0.15) is 53.7 Å². The third-order valence-electron chi connectivity index (χ3n) is 7.20. The Morgan fingerprint density at radius 3 is 2.15 bits per heavy atom. The van der Waals surface area contributed by atoms with E-state index in [2.05, 4.69) is 37.5 Å². The van der Waals surface area contributed by atoms with Crippen molar-refractivity contribution in [2.75, 3.05) is 17.6 Å². The topological polar surface area (TPSA) is 113 Å². The van der Waals surface area contributed by atoms with E-state index in [1.165, 1.54) is 12.1 Å². The Labute approximate surface area is 278 Å². The van der Waals surface area contributed by atoms with Gasteiger partial charge in [-0.15, -0.1) is 0 Å². The number of benzene rings is 4. The van der Waals surface area contributed by atoms with E-state index in [1.54, 1.807) is 36.4 Å². The predicted octanol–water partition coefficient (Wildman–Crippen LogP) is 7.93. The molecule has 0 saturated heterocycles. The molecule has 1 unspecified atom stereocenters. The van der Waals surface area contributed by atoms with Gasteiger partial charge in [-0.05, 0) is 64.4 Å². The lowest BCUT2D eigenvalue weighted by molar-refractivity contribution is -0.117. The van der Waals surface area contributed by atoms with Gasteiger partial charge in [0, 0.05) is 28.8 Å². The summed E-state index contributed by atoms with van der Waals surface area (Å²) >= 11 is 5.92. The summed E-state index contributed by atoms with van der Waals surface area (Å²) in [7, 11) is -4.22. The number of amides is 2. The number of anilines is 1. The van der Waals surface area contributed by atoms with Crippen LogP contribution in [0.25, 0.3) is 17.2 Å². The van der Waals surface area contributed by atoms with E-state index in [9.17, 15) is 18.0 Å². The van der Waals surface area contributed by atoms with Crippen LogP contribution in [0.2, 0.25) is 5.02 Å². The van der Waals surface area contributed by atoms with Gasteiger partial charge in [0.05, 0.1) is 17.4 Å². The number of allylic oxidation sites excluding steroid dienone is 1. The minimum atomic E-state index is -4.22. The molecular weight excluding hydrogens is 646 g/mol. The average molecular weight is 681 g/mol. The summed E-state index contributed by atoms with van der Waals surface area (Å²) in [5.74, 6) is -4.06. The lowest BCUT2D eigenvalue weighted by Crippen LogP contribution is -2.28. The Kier molecular flexibility index (Phi) is 11.3. The number of carbonyl (C=O) groups excluding carboxylic acids is 2. The number of nitrogens with one attached hydrogen (secondary N) is 2. The maximum absolute atomic E-state index is 15.3. The smallest absolute Gasteiger partial charge is 0.266 e. The molecule has 0 aliphatic carbocycles. The zero-order valence-electron chi connectivity index (χ0n) is 26.1. The van der Waals surface area contributed by atoms with Gasteiger partial charge in [-0.3, -0.25) is 14.1 Å². The van der Waals surface area contributed by atoms with Crippen LogP contribution in [0.15, 0.2) is 91.0 Å². The quantitative estimate of drug-likeness (QED) is 0.139. The molecule has 0 aliphatic heterocycles. The molecule has 2 amide bonds. The van der Waals surface area contributed by atoms with Crippen molar-refractivity contribution in [3.05, 3.63) is 130 Å². The lowest BCUT2D eigenvalue weighted by atomic mass is 9.89. The fourth-order valence-electron chi connectivity index (χ4n) is 4.68. The van der Waals surface area contributed by atoms with Crippen LogP contribution in [-0.4, -0.2) is 37.1 Å². The fraction of sp³-hybridized carbons (Fsp3) is 0.222. The molecule has 47 heavy (non-hydrogen) atoms. The number of hydrogen-bond donors (Lipinski definition) is 3. The zero-order valence-corrected chi connectivity index (χ0v) is 27.6. The van der Waals surface area contributed by atoms with Gasteiger partial charge in [0.2, 0.25) is 5.91 Å². The maximum Gasteiger partial charge on any atom is 0.266 e. The summed E-state index contributed by atoms with van der Waals surface area (Å²) in [4.78, 5) is 26.1. The molecule has 246 valence electrons. The first-order valence-electron chi connectivity index (χ1n) is 14.8. The van der Waals surface area contributed by atoms with Gasteiger partial charge < -0.3 is 10.6 Å². The molecule has 4 aromatic carbocycles. The van der Waals surface area contributed by atoms with E-state index in [0.29, 0.717) is 21.7 Å². The predicted molar refractivity (Wildman–Crippen MR) is 182 cm³/mol. The highest BCUT2D eigenvalue weighted by Crippen LogP contribution is 2.31. The minimum Gasteiger partial charge on any atom is -0.351 e. The first-order chi connectivity index (χ1) is 22.1. The summed E-state index contributed by atoms with van der Waals surface area (Å²) in [6, 6.07) is 22.0. The molecule has 0 saturated carbocycles. The van der Waals surface area contributed by atoms with Gasteiger partial charge in [-0.25, -0.2) is 8.78 Å². The summed E-state index contributed by atoms with van der Waals surface area (Å²) < 4.78 is 61.1. The third-order valence-corrected chi connectivity index (χ3v) is 8.17. The van der Waals surface area contributed by atoms with E-state index >= 15 is 8.78 Å². The minimum absolute atomic E-state index is 0.0229. The molecule has 0 spiro atoms. The summed E-state index contributed by atoms with van der Waals surface area (Å²) in [5.41, 5.74) is 2.62. The number of halogens is 3. The van der Waals surface area contributed by atoms with Crippen molar-refractivity contribution in [1.82, 2.24) is 5.32 Å². The monoisotopic (exact) mass is 680 g/mol. The van der Waals surface area contributed by atoms with Gasteiger partial charge in [-0.2, -0.15) is 8.42 Å². The van der Waals surface area contributed by atoms with E-state index in [0.717, 1.165) is 17.7 Å². The Morgan fingerprint density at radius 2 is 1.55 bits per heavy atom. The summed E-state index contributed by atoms with van der Waals surface area (Å²) in [6.45, 7) is 5.98. The standard InChI is InChI=1S/C36H35ClF2N2O5S/c1-36(2,3)17-16-23-4-8-26(9-5-23)30(20-24-6-10-27(11-7-24)34(42)40-18-19-47(44,45)46)35(43)41-33-22-31(38)29(21-32(33)39)25-12-14-28(37)15-13-25/h4-17,21-22,30H,18-20H2,1-3H3,(H,40,42)(H,41,43)(H,44,45,46)/b17-16+. The molecule has 0 aromatic heterocycles. The molecule has 1 atom stereocenters. The largest absolute Gasteiger partial charge is 0.351 e. The lowest BCUT2D eigenvalue weighted by Gasteiger charge is -2.19. The molecule has 0 aliphatic rings. The second-order valence-electron chi connectivity index (χ2n) is 12.2. The number of rotatable bonds is 11. The third kappa shape index (κ3) is 10.6. The Morgan fingerprint density at radius 1 is 0.915 bits per heavy atom. The zero-order chi connectivity index (χ0) is 34.4. The van der Waals surface area contributed by atoms with Crippen molar-refractivity contribution in [2.24, 2.45) is 5.41 Å². The van der Waals surface area contributed by atoms with Crippen LogP contribution >= 0.6 is 11.6 Å². The van der Waals surface area contributed by atoms with Crippen molar-refractivity contribution >= 4 is 45.3 Å². The highest BCUT2D eigenvalue weighted by Gasteiger charge is 2.24. The summed E-state index contributed by atoms with van der Waals surface area (Å²) in [5, 5.41) is 5.43. The molecule has 3 N–H and O–H groups in total. The van der Waals surface area contributed by atoms with E-state index in [4.69, 9.17) is 16.2 Å². The molecule has 7 nitrogen and oxygen atoms in total. The summed E-state index contributed by atoms with van der Waals surface area (Å²) in [6.07, 6.45) is 4.22. The van der Waals surface area contributed by atoms with Crippen molar-refractivity contribution in [3.63, 3.8) is 0 Å². The molecule has 4 aromatic rings. The Balaban J connectivity index is 1.58. The van der Waals surface area contributed by atoms with Gasteiger partial charge >= 0.3 is 0 Å². The van der Waals surface area contributed by atoms with Crippen molar-refractivity contribution < 1.29 is 31.3 Å². The normalized spacial score (nSPS) is 12.6. The molecule has 4 rings (SSSR count). The maximum atomic E-state index is 15.3. The SMILES string of the molecule is CC(C)(C)/C=C/c1ccc(C(Cc2ccc(C(=O)NCCS(=O)(=O)O)cc2)C(=O)Nc2cc(F)c(-c3ccc(Cl)cc3)cc2F)cc1. The van der Waals surface area contributed by atoms with Crippen LogP contribution in [0.5, 0.6) is 0 Å². The molecule has 0 fully saturated rings. The van der Waals surface area contributed by atoms with Crippen molar-refractivity contribution in [3.8, 4) is 11.1 Å². The first-order valence-corrected chi connectivity index (χ1v) is 16.7. The first kappa shape index (κ1) is 35.5. The van der Waals surface area contributed by atoms with E-state index in [-0.39, 0.29) is 35.2 Å². The second-order valence-corrected chi connectivity index (χ2v) is 14.2. The van der Waals surface area contributed by atoms with Gasteiger partial charge in [0.25, 0.3) is 16.0 Å². The number of carbonyl (C=O) groups is 2. The number of hydrogen-bond acceptors (Lipinski definition) is 4. The fourth-order valence-corrected chi connectivity index (χ4v) is 5.17. The second kappa shape index (κ2) is 15.0. The van der Waals surface area contributed by atoms with Crippen LogP contribution < -0.4 is 10.6 Å². The van der Waals surface area contributed by atoms with Crippen LogP contribution in [-0.2, 0) is 21.3 Å². The molecular formula is C36H35ClF2N2O5S. The van der Waals surface area contributed by atoms with E-state index in [1.807, 2.05) is 30.3 Å². The molecule has 0 heterocycles. The highest BCUT2D eigenvalue weighted by molar-refractivity contribution is 7.85. The van der Waals surface area contributed by atoms with Crippen LogP contribution in [0.3, 0.4) is 0 Å². The van der Waals surface area contributed by atoms with Crippen LogP contribution in [0, 0.1) is 17.0 Å². The highest BCUT2D eigenvalue weighted by atomic mass is 35.5. The average Bonchev–Trinajstić information content (AvgIpc) is 3.00. The van der Waals surface area contributed by atoms with Gasteiger partial charge in [-0.1, -0.05) is 93.1 Å². The van der Waals surface area contributed by atoms with Crippen LogP contribution in [0.4, 0.5) is 14.5 Å². The Hall–Kier alpha value is -4.38.